The number of likely N-dealkylation sites (tertiary alicyclic amines) is 1. The van der Waals surface area contributed by atoms with Crippen molar-refractivity contribution >= 4 is 11.9 Å². The second kappa shape index (κ2) is 10.4. The molecule has 2 N–H and O–H groups in total. The monoisotopic (exact) mass is 413 g/mol. The highest BCUT2D eigenvalue weighted by Crippen LogP contribution is 2.31. The maximum Gasteiger partial charge on any atom is 0.416 e. The fraction of sp³-hybridized carbons (Fsp3) is 0.524. The molecule has 1 aromatic carbocycles. The van der Waals surface area contributed by atoms with E-state index in [1.54, 1.807) is 11.0 Å². The number of carboxylic acids is 1. The van der Waals surface area contributed by atoms with E-state index in [0.29, 0.717) is 25.8 Å². The molecule has 0 radical (unpaired) electrons. The molecule has 8 heteroatoms. The van der Waals surface area contributed by atoms with E-state index >= 15 is 0 Å². The fourth-order valence-corrected chi connectivity index (χ4v) is 3.40. The zero-order chi connectivity index (χ0) is 21.4. The lowest BCUT2D eigenvalue weighted by Gasteiger charge is -2.22. The second-order valence-electron chi connectivity index (χ2n) is 7.20. The molecule has 29 heavy (non-hydrogen) atoms. The summed E-state index contributed by atoms with van der Waals surface area (Å²) in [5.41, 5.74) is -0.673. The predicted molar refractivity (Wildman–Crippen MR) is 101 cm³/mol. The molecule has 1 unspecified atom stereocenters. The summed E-state index contributed by atoms with van der Waals surface area (Å²) in [4.78, 5) is 24.3. The molecule has 0 aliphatic carbocycles. The van der Waals surface area contributed by atoms with E-state index < -0.39 is 23.8 Å². The minimum atomic E-state index is -4.47. The topological polar surface area (TPSA) is 77.8 Å². The van der Waals surface area contributed by atoms with Gasteiger partial charge in [0, 0.05) is 19.4 Å². The molecule has 0 bridgehead atoms. The SMILES string of the molecule is O=C(O)CCCCCCN1C(=O)CCC1/C=C/[C@@H](O)c1cccc(C(F)(F)F)c1. The first-order valence-electron chi connectivity index (χ1n) is 9.73. The molecule has 1 fully saturated rings. The number of aliphatic hydroxyl groups excluding tert-OH is 1. The van der Waals surface area contributed by atoms with Gasteiger partial charge >= 0.3 is 12.1 Å². The first kappa shape index (κ1) is 22.9. The van der Waals surface area contributed by atoms with Crippen LogP contribution in [0.15, 0.2) is 36.4 Å². The zero-order valence-corrected chi connectivity index (χ0v) is 16.1. The number of alkyl halides is 3. The quantitative estimate of drug-likeness (QED) is 0.442. The summed E-state index contributed by atoms with van der Waals surface area (Å²) in [5, 5.41) is 18.9. The number of halogens is 3. The Morgan fingerprint density at radius 1 is 1.24 bits per heavy atom. The third-order valence-corrected chi connectivity index (χ3v) is 4.99. The molecule has 160 valence electrons. The Kier molecular flexibility index (Phi) is 8.25. The van der Waals surface area contributed by atoms with Crippen molar-refractivity contribution in [1.82, 2.24) is 4.90 Å². The van der Waals surface area contributed by atoms with Crippen LogP contribution in [0.25, 0.3) is 0 Å². The number of amides is 1. The van der Waals surface area contributed by atoms with Crippen LogP contribution in [0.1, 0.15) is 62.2 Å². The van der Waals surface area contributed by atoms with Crippen LogP contribution in [-0.2, 0) is 15.8 Å². The summed E-state index contributed by atoms with van der Waals surface area (Å²) in [5.74, 6) is -0.803. The van der Waals surface area contributed by atoms with Crippen LogP contribution in [0.3, 0.4) is 0 Å². The number of hydrogen-bond donors (Lipinski definition) is 2. The van der Waals surface area contributed by atoms with Crippen molar-refractivity contribution in [1.29, 1.82) is 0 Å². The number of unbranched alkanes of at least 4 members (excludes halogenated alkanes) is 3. The van der Waals surface area contributed by atoms with Crippen LogP contribution in [0, 0.1) is 0 Å². The van der Waals surface area contributed by atoms with Gasteiger partial charge in [-0.1, -0.05) is 37.1 Å². The Balaban J connectivity index is 1.89. The molecule has 1 aliphatic heterocycles. The van der Waals surface area contributed by atoms with Crippen molar-refractivity contribution < 1.29 is 33.0 Å². The molecule has 1 aromatic rings. The van der Waals surface area contributed by atoms with Crippen molar-refractivity contribution in [3.8, 4) is 0 Å². The molecule has 1 saturated heterocycles. The minimum Gasteiger partial charge on any atom is -0.481 e. The van der Waals surface area contributed by atoms with E-state index in [1.807, 2.05) is 0 Å². The van der Waals surface area contributed by atoms with Gasteiger partial charge in [-0.25, -0.2) is 0 Å². The van der Waals surface area contributed by atoms with Crippen LogP contribution in [-0.4, -0.2) is 39.6 Å². The molecular formula is C21H26F3NO4. The number of nitrogens with zero attached hydrogens (tertiary/aromatic N) is 1. The number of benzene rings is 1. The highest BCUT2D eigenvalue weighted by atomic mass is 19.4. The minimum absolute atomic E-state index is 0.0127. The lowest BCUT2D eigenvalue weighted by molar-refractivity contribution is -0.138. The van der Waals surface area contributed by atoms with Crippen LogP contribution in [0.5, 0.6) is 0 Å². The second-order valence-corrected chi connectivity index (χ2v) is 7.20. The summed E-state index contributed by atoms with van der Waals surface area (Å²) in [6.07, 6.45) is 1.55. The molecule has 0 aromatic heterocycles. The normalized spacial score (nSPS) is 18.6. The van der Waals surface area contributed by atoms with E-state index in [9.17, 15) is 27.9 Å². The third kappa shape index (κ3) is 7.20. The smallest absolute Gasteiger partial charge is 0.416 e. The highest BCUT2D eigenvalue weighted by Gasteiger charge is 2.31. The highest BCUT2D eigenvalue weighted by molar-refractivity contribution is 5.79. The third-order valence-electron chi connectivity index (χ3n) is 4.99. The number of hydrogen-bond acceptors (Lipinski definition) is 3. The van der Waals surface area contributed by atoms with Gasteiger partial charge in [0.15, 0.2) is 0 Å². The van der Waals surface area contributed by atoms with Crippen LogP contribution in [0.2, 0.25) is 0 Å². The van der Waals surface area contributed by atoms with Gasteiger partial charge in [0.25, 0.3) is 0 Å². The molecule has 1 heterocycles. The van der Waals surface area contributed by atoms with Gasteiger partial charge < -0.3 is 15.1 Å². The number of aliphatic carboxylic acids is 1. The summed E-state index contributed by atoms with van der Waals surface area (Å²) < 4.78 is 38.5. The summed E-state index contributed by atoms with van der Waals surface area (Å²) in [6, 6.07) is 4.36. The predicted octanol–water partition coefficient (Wildman–Crippen LogP) is 4.32. The Labute approximate surface area is 167 Å². The van der Waals surface area contributed by atoms with Crippen molar-refractivity contribution in [2.75, 3.05) is 6.54 Å². The summed E-state index contributed by atoms with van der Waals surface area (Å²) in [7, 11) is 0. The molecular weight excluding hydrogens is 387 g/mol. The van der Waals surface area contributed by atoms with Crippen molar-refractivity contribution in [2.45, 2.75) is 63.3 Å². The van der Waals surface area contributed by atoms with E-state index in [0.717, 1.165) is 31.4 Å². The molecule has 0 spiro atoms. The van der Waals surface area contributed by atoms with E-state index in [1.165, 1.54) is 18.2 Å². The molecule has 5 nitrogen and oxygen atoms in total. The van der Waals surface area contributed by atoms with Crippen molar-refractivity contribution in [3.05, 3.63) is 47.5 Å². The summed E-state index contributed by atoms with van der Waals surface area (Å²) >= 11 is 0. The van der Waals surface area contributed by atoms with Gasteiger partial charge in [-0.3, -0.25) is 9.59 Å². The van der Waals surface area contributed by atoms with Gasteiger partial charge in [-0.15, -0.1) is 0 Å². The average Bonchev–Trinajstić information content (AvgIpc) is 3.01. The van der Waals surface area contributed by atoms with Gasteiger partial charge in [0.1, 0.15) is 0 Å². The largest absolute Gasteiger partial charge is 0.481 e. The van der Waals surface area contributed by atoms with Crippen LogP contribution < -0.4 is 0 Å². The van der Waals surface area contributed by atoms with Gasteiger partial charge in [0.05, 0.1) is 17.7 Å². The average molecular weight is 413 g/mol. The number of aliphatic hydroxyl groups is 1. The zero-order valence-electron chi connectivity index (χ0n) is 16.1. The lowest BCUT2D eigenvalue weighted by Crippen LogP contribution is -2.32. The molecule has 2 atom stereocenters. The molecule has 0 saturated carbocycles. The summed E-state index contributed by atoms with van der Waals surface area (Å²) in [6.45, 7) is 0.542. The molecule has 2 rings (SSSR count). The standard InChI is InChI=1S/C21H26F3NO4/c22-21(23,24)16-7-5-6-15(14-16)18(26)11-9-17-10-12-19(27)25(17)13-4-2-1-3-8-20(28)29/h5-7,9,11,14,17-18,26H,1-4,8,10,12-13H2,(H,28,29)/b11-9+/t17?,18-/m1/s1. The molecule has 1 aliphatic rings. The van der Waals surface area contributed by atoms with Gasteiger partial charge in [0.2, 0.25) is 5.91 Å². The number of carbonyl (C=O) groups excluding carboxylic acids is 1. The van der Waals surface area contributed by atoms with Gasteiger partial charge in [-0.2, -0.15) is 13.2 Å². The van der Waals surface area contributed by atoms with Crippen molar-refractivity contribution in [2.24, 2.45) is 0 Å². The first-order chi connectivity index (χ1) is 13.7. The Morgan fingerprint density at radius 3 is 2.66 bits per heavy atom. The van der Waals surface area contributed by atoms with E-state index in [4.69, 9.17) is 5.11 Å². The Morgan fingerprint density at radius 2 is 1.97 bits per heavy atom. The number of carboxylic acid groups (broad SMARTS) is 1. The molecule has 1 amide bonds. The lowest BCUT2D eigenvalue weighted by atomic mass is 10.0. The van der Waals surface area contributed by atoms with E-state index in [-0.39, 0.29) is 23.9 Å². The Bertz CT molecular complexity index is 733. The number of rotatable bonds is 10. The van der Waals surface area contributed by atoms with Gasteiger partial charge in [-0.05, 0) is 37.0 Å². The van der Waals surface area contributed by atoms with Crippen molar-refractivity contribution in [3.63, 3.8) is 0 Å². The van der Waals surface area contributed by atoms with Crippen LogP contribution >= 0.6 is 0 Å². The van der Waals surface area contributed by atoms with Crippen LogP contribution in [0.4, 0.5) is 13.2 Å². The number of carbonyl (C=O) groups is 2. The van der Waals surface area contributed by atoms with E-state index in [2.05, 4.69) is 0 Å². The first-order valence-corrected chi connectivity index (χ1v) is 9.73. The Hall–Kier alpha value is -2.35. The maximum absolute atomic E-state index is 12.8. The maximum atomic E-state index is 12.8. The fourth-order valence-electron chi connectivity index (χ4n) is 3.40.